The first-order valence-electron chi connectivity index (χ1n) is 17.8. The molecular weight excluding hydrogens is 650 g/mol. The number of carbonyl (C=O) groups excluding carboxylic acids is 2. The summed E-state index contributed by atoms with van der Waals surface area (Å²) in [5.74, 6) is 1.01. The Hall–Kier alpha value is -4.72. The molecule has 3 aromatic rings. The number of nitrogens with zero attached hydrogens (tertiary/aromatic N) is 5. The third kappa shape index (κ3) is 8.61. The number of esters is 1. The number of hydroxylamine groups is 1. The number of anilines is 5. The van der Waals surface area contributed by atoms with Gasteiger partial charge in [-0.25, -0.2) is 19.8 Å². The molecule has 3 aliphatic rings. The van der Waals surface area contributed by atoms with E-state index >= 15 is 0 Å². The summed E-state index contributed by atoms with van der Waals surface area (Å²) in [7, 11) is 1.62. The van der Waals surface area contributed by atoms with E-state index in [0.717, 1.165) is 63.3 Å². The minimum atomic E-state index is -0.346. The summed E-state index contributed by atoms with van der Waals surface area (Å²) in [6, 6.07) is 13.4. The molecule has 0 radical (unpaired) electrons. The fraction of sp³-hybridized carbons (Fsp3) is 0.474. The Bertz CT molecular complexity index is 1700. The molecule has 2 aromatic carbocycles. The highest BCUT2D eigenvalue weighted by molar-refractivity contribution is 6.02. The second kappa shape index (κ2) is 16.5. The summed E-state index contributed by atoms with van der Waals surface area (Å²) < 4.78 is 17.2. The van der Waals surface area contributed by atoms with E-state index in [1.807, 2.05) is 44.2 Å². The number of rotatable bonds is 12. The summed E-state index contributed by atoms with van der Waals surface area (Å²) in [5.41, 5.74) is 3.56. The van der Waals surface area contributed by atoms with Gasteiger partial charge in [0.25, 0.3) is 0 Å². The number of carbonyl (C=O) groups is 2. The molecule has 13 heteroatoms. The van der Waals surface area contributed by atoms with Crippen molar-refractivity contribution in [1.82, 2.24) is 14.9 Å². The second-order valence-corrected chi connectivity index (χ2v) is 13.3. The lowest BCUT2D eigenvalue weighted by molar-refractivity contribution is -0.111. The lowest BCUT2D eigenvalue weighted by Gasteiger charge is -2.42. The van der Waals surface area contributed by atoms with E-state index in [0.29, 0.717) is 53.4 Å². The fourth-order valence-corrected chi connectivity index (χ4v) is 6.91. The van der Waals surface area contributed by atoms with E-state index in [1.54, 1.807) is 24.3 Å². The molecule has 3 fully saturated rings. The average molecular weight is 700 g/mol. The fourth-order valence-electron chi connectivity index (χ4n) is 6.91. The number of piperidine rings is 1. The molecule has 0 saturated carbocycles. The van der Waals surface area contributed by atoms with E-state index in [1.165, 1.54) is 12.4 Å². The third-order valence-corrected chi connectivity index (χ3v) is 9.79. The Morgan fingerprint density at radius 1 is 1.08 bits per heavy atom. The molecule has 2 N–H and O–H groups in total. The molecule has 13 nitrogen and oxygen atoms in total. The molecule has 272 valence electrons. The van der Waals surface area contributed by atoms with E-state index in [9.17, 15) is 9.59 Å². The van der Waals surface area contributed by atoms with Gasteiger partial charge < -0.3 is 29.7 Å². The van der Waals surface area contributed by atoms with Crippen molar-refractivity contribution in [3.05, 3.63) is 72.6 Å². The quantitative estimate of drug-likeness (QED) is 0.173. The molecular formula is C38H49N7O6. The third-order valence-electron chi connectivity index (χ3n) is 9.79. The van der Waals surface area contributed by atoms with Gasteiger partial charge in [0, 0.05) is 50.8 Å². The Morgan fingerprint density at radius 2 is 1.90 bits per heavy atom. The van der Waals surface area contributed by atoms with Crippen LogP contribution >= 0.6 is 0 Å². The average Bonchev–Trinajstić information content (AvgIpc) is 3.65. The highest BCUT2D eigenvalue weighted by Crippen LogP contribution is 2.41. The molecule has 3 aliphatic heterocycles. The lowest BCUT2D eigenvalue weighted by Crippen LogP contribution is -2.51. The normalized spacial score (nSPS) is 20.5. The van der Waals surface area contributed by atoms with E-state index < -0.39 is 0 Å². The number of benzene rings is 2. The van der Waals surface area contributed by atoms with Crippen LogP contribution in [-0.4, -0.2) is 91.5 Å². The van der Waals surface area contributed by atoms with Gasteiger partial charge in [0.15, 0.2) is 5.82 Å². The largest absolute Gasteiger partial charge is 0.494 e. The van der Waals surface area contributed by atoms with Gasteiger partial charge in [-0.1, -0.05) is 25.6 Å². The first-order chi connectivity index (χ1) is 24.8. The molecule has 1 aromatic heterocycles. The van der Waals surface area contributed by atoms with Gasteiger partial charge in [-0.15, -0.1) is 0 Å². The topological polar surface area (TPSA) is 131 Å². The maximum Gasteiger partial charge on any atom is 0.338 e. The Morgan fingerprint density at radius 3 is 2.65 bits per heavy atom. The van der Waals surface area contributed by atoms with Crippen LogP contribution in [0, 0.1) is 0 Å². The van der Waals surface area contributed by atoms with Crippen LogP contribution in [0.5, 0.6) is 5.75 Å². The van der Waals surface area contributed by atoms with Crippen molar-refractivity contribution in [2.45, 2.75) is 70.7 Å². The van der Waals surface area contributed by atoms with Gasteiger partial charge in [0.05, 0.1) is 61.2 Å². The number of aromatic nitrogens is 2. The first kappa shape index (κ1) is 36.1. The Labute approximate surface area is 299 Å². The lowest BCUT2D eigenvalue weighted by atomic mass is 10.0. The van der Waals surface area contributed by atoms with Crippen molar-refractivity contribution < 1.29 is 28.6 Å². The minimum Gasteiger partial charge on any atom is -0.494 e. The number of amides is 1. The van der Waals surface area contributed by atoms with E-state index in [2.05, 4.69) is 43.9 Å². The molecule has 0 bridgehead atoms. The number of ether oxygens (including phenoxy) is 3. The monoisotopic (exact) mass is 699 g/mol. The molecule has 3 atom stereocenters. The summed E-state index contributed by atoms with van der Waals surface area (Å²) in [6.45, 7) is 14.5. The zero-order valence-electron chi connectivity index (χ0n) is 30.0. The maximum absolute atomic E-state index is 12.8. The van der Waals surface area contributed by atoms with Gasteiger partial charge in [-0.2, -0.15) is 0 Å². The van der Waals surface area contributed by atoms with Gasteiger partial charge in [-0.05, 0) is 62.9 Å². The predicted molar refractivity (Wildman–Crippen MR) is 197 cm³/mol. The molecule has 0 spiro atoms. The number of hydrogen-bond acceptors (Lipinski definition) is 12. The molecule has 0 aliphatic carbocycles. The molecule has 3 saturated heterocycles. The highest BCUT2D eigenvalue weighted by atomic mass is 16.7. The summed E-state index contributed by atoms with van der Waals surface area (Å²) >= 11 is 0. The first-order valence-corrected chi connectivity index (χ1v) is 17.8. The van der Waals surface area contributed by atoms with Gasteiger partial charge in [0.1, 0.15) is 17.9 Å². The van der Waals surface area contributed by atoms with Crippen LogP contribution in [0.25, 0.3) is 0 Å². The Balaban J connectivity index is 1.21. The number of methoxy groups -OCH3 is 1. The number of morpholine rings is 1. The van der Waals surface area contributed by atoms with Crippen molar-refractivity contribution in [2.75, 3.05) is 67.1 Å². The van der Waals surface area contributed by atoms with Crippen LogP contribution in [0.2, 0.25) is 0 Å². The number of hydrogen-bond donors (Lipinski definition) is 2. The van der Waals surface area contributed by atoms with Crippen molar-refractivity contribution in [2.24, 2.45) is 0 Å². The van der Waals surface area contributed by atoms with Gasteiger partial charge in [-0.3, -0.25) is 14.5 Å². The van der Waals surface area contributed by atoms with Crippen LogP contribution in [0.4, 0.5) is 28.7 Å². The van der Waals surface area contributed by atoms with Gasteiger partial charge >= 0.3 is 5.97 Å². The standard InChI is InChI=1S/C38H49N7O6/c1-6-25(3)51-38(47)28-10-8-9-27(19-28)32-13-17-50-45(32)36-22-35(39-24-40-36)41-31-20-30(42-37(46)7-2)33(21-34(31)48-5)43-14-11-29(12-15-43)44-16-18-49-26(4)23-44/h7-10,19-22,24-26,29,32H,2,6,11-18,23H2,1,3-5H3,(H,42,46)(H,39,40,41). The maximum atomic E-state index is 12.8. The van der Waals surface area contributed by atoms with Gasteiger partial charge in [0.2, 0.25) is 5.91 Å². The molecule has 3 unspecified atom stereocenters. The highest BCUT2D eigenvalue weighted by Gasteiger charge is 2.31. The van der Waals surface area contributed by atoms with Crippen molar-refractivity contribution in [3.8, 4) is 5.75 Å². The van der Waals surface area contributed by atoms with Crippen LogP contribution in [-0.2, 0) is 19.1 Å². The summed E-state index contributed by atoms with van der Waals surface area (Å²) in [5, 5.41) is 8.13. The predicted octanol–water partition coefficient (Wildman–Crippen LogP) is 5.88. The van der Waals surface area contributed by atoms with Crippen LogP contribution < -0.4 is 25.3 Å². The molecule has 1 amide bonds. The molecule has 6 rings (SSSR count). The summed E-state index contributed by atoms with van der Waals surface area (Å²) in [6.07, 6.45) is 6.30. The van der Waals surface area contributed by atoms with Crippen molar-refractivity contribution in [1.29, 1.82) is 0 Å². The second-order valence-electron chi connectivity index (χ2n) is 13.3. The van der Waals surface area contributed by atoms with Crippen LogP contribution in [0.15, 0.2) is 61.4 Å². The summed E-state index contributed by atoms with van der Waals surface area (Å²) in [4.78, 5) is 45.3. The van der Waals surface area contributed by atoms with Crippen molar-refractivity contribution >= 4 is 40.6 Å². The Kier molecular flexibility index (Phi) is 11.7. The minimum absolute atomic E-state index is 0.161. The molecule has 4 heterocycles. The van der Waals surface area contributed by atoms with Crippen molar-refractivity contribution in [3.63, 3.8) is 0 Å². The smallest absolute Gasteiger partial charge is 0.338 e. The van der Waals surface area contributed by atoms with Crippen LogP contribution in [0.3, 0.4) is 0 Å². The molecule has 51 heavy (non-hydrogen) atoms. The number of nitrogens with one attached hydrogen (secondary N) is 2. The zero-order chi connectivity index (χ0) is 35.9. The van der Waals surface area contributed by atoms with E-state index in [4.69, 9.17) is 19.0 Å². The zero-order valence-corrected chi connectivity index (χ0v) is 30.0. The SMILES string of the molecule is C=CC(=O)Nc1cc(Nc2cc(N3OCCC3c3cccc(C(=O)OC(C)CC)c3)ncn2)c(OC)cc1N1CCC(N2CCOC(C)C2)CC1. The van der Waals surface area contributed by atoms with Crippen LogP contribution in [0.1, 0.15) is 68.4 Å². The van der Waals surface area contributed by atoms with E-state index in [-0.39, 0.29) is 30.1 Å².